The number of nitrogens with zero attached hydrogens (tertiary/aromatic N) is 1. The first-order valence-electron chi connectivity index (χ1n) is 9.79. The minimum absolute atomic E-state index is 0.109. The third-order valence-electron chi connectivity index (χ3n) is 4.91. The Balaban J connectivity index is 1.47. The number of hydrogen-bond donors (Lipinski definition) is 2. The molecule has 2 heterocycles. The molecule has 0 saturated carbocycles. The van der Waals surface area contributed by atoms with Crippen molar-refractivity contribution in [2.45, 2.75) is 38.3 Å². The van der Waals surface area contributed by atoms with Crippen LogP contribution in [-0.4, -0.2) is 32.1 Å². The number of benzene rings is 2. The van der Waals surface area contributed by atoms with Gasteiger partial charge in [0, 0.05) is 6.54 Å². The van der Waals surface area contributed by atoms with Gasteiger partial charge >= 0.3 is 0 Å². The van der Waals surface area contributed by atoms with E-state index in [2.05, 4.69) is 15.0 Å². The van der Waals surface area contributed by atoms with Gasteiger partial charge < -0.3 is 14.8 Å². The van der Waals surface area contributed by atoms with E-state index in [0.717, 1.165) is 20.8 Å². The minimum Gasteiger partial charge on any atom is -0.454 e. The number of aromatic nitrogens is 1. The predicted molar refractivity (Wildman–Crippen MR) is 118 cm³/mol. The van der Waals surface area contributed by atoms with Crippen LogP contribution in [0.3, 0.4) is 0 Å². The standard InChI is InChI=1S/C21H23N3O5S2/c1-12(2)20(21(25)22-10-14-4-7-17-18(8-14)29-11-28-17)24-31(26,27)15-5-6-16-19(9-15)30-13(3)23-16/h4-9,12,20,24H,10-11H2,1-3H3,(H,22,25)/t20-/m1/s1. The van der Waals surface area contributed by atoms with Gasteiger partial charge in [0.25, 0.3) is 0 Å². The number of aryl methyl sites for hydroxylation is 1. The summed E-state index contributed by atoms with van der Waals surface area (Å²) >= 11 is 1.43. The van der Waals surface area contributed by atoms with Crippen LogP contribution in [0.5, 0.6) is 11.5 Å². The molecule has 1 aromatic heterocycles. The van der Waals surface area contributed by atoms with Crippen molar-refractivity contribution in [3.8, 4) is 11.5 Å². The van der Waals surface area contributed by atoms with E-state index in [1.54, 1.807) is 38.1 Å². The fraction of sp³-hybridized carbons (Fsp3) is 0.333. The van der Waals surface area contributed by atoms with E-state index < -0.39 is 22.0 Å². The summed E-state index contributed by atoms with van der Waals surface area (Å²) in [7, 11) is -3.89. The summed E-state index contributed by atoms with van der Waals surface area (Å²) in [5.74, 6) is 0.643. The lowest BCUT2D eigenvalue weighted by atomic mass is 10.0. The summed E-state index contributed by atoms with van der Waals surface area (Å²) in [5, 5.41) is 3.67. The molecule has 8 nitrogen and oxygen atoms in total. The lowest BCUT2D eigenvalue weighted by Gasteiger charge is -2.21. The third-order valence-corrected chi connectivity index (χ3v) is 7.28. The van der Waals surface area contributed by atoms with Crippen LogP contribution >= 0.6 is 11.3 Å². The molecule has 1 atom stereocenters. The number of hydrogen-bond acceptors (Lipinski definition) is 7. The molecule has 0 fully saturated rings. The van der Waals surface area contributed by atoms with Crippen molar-refractivity contribution in [1.29, 1.82) is 0 Å². The maximum Gasteiger partial charge on any atom is 0.241 e. The Morgan fingerprint density at radius 1 is 1.16 bits per heavy atom. The molecule has 0 saturated heterocycles. The number of thiazole rings is 1. The van der Waals surface area contributed by atoms with Crippen LogP contribution in [0.25, 0.3) is 10.2 Å². The van der Waals surface area contributed by atoms with Crippen molar-refractivity contribution in [2.75, 3.05) is 6.79 Å². The monoisotopic (exact) mass is 461 g/mol. The van der Waals surface area contributed by atoms with Gasteiger partial charge in [0.05, 0.1) is 20.1 Å². The zero-order valence-corrected chi connectivity index (χ0v) is 19.0. The molecular weight excluding hydrogens is 438 g/mol. The summed E-state index contributed by atoms with van der Waals surface area (Å²) in [4.78, 5) is 17.3. The first-order chi connectivity index (χ1) is 14.7. The van der Waals surface area contributed by atoms with Gasteiger partial charge in [0.15, 0.2) is 11.5 Å². The molecule has 0 radical (unpaired) electrons. The molecule has 1 amide bonds. The normalized spacial score (nSPS) is 14.2. The summed E-state index contributed by atoms with van der Waals surface area (Å²) in [6, 6.07) is 9.26. The molecule has 0 spiro atoms. The van der Waals surface area contributed by atoms with Crippen molar-refractivity contribution in [3.05, 3.63) is 47.0 Å². The molecule has 0 aliphatic carbocycles. The molecule has 2 N–H and O–H groups in total. The number of amides is 1. The van der Waals surface area contributed by atoms with E-state index in [0.29, 0.717) is 11.5 Å². The number of fused-ring (bicyclic) bond motifs is 2. The summed E-state index contributed by atoms with van der Waals surface area (Å²) < 4.78 is 39.9. The molecule has 0 unspecified atom stereocenters. The maximum absolute atomic E-state index is 13.0. The van der Waals surface area contributed by atoms with Crippen molar-refractivity contribution >= 4 is 37.5 Å². The quantitative estimate of drug-likeness (QED) is 0.560. The lowest BCUT2D eigenvalue weighted by Crippen LogP contribution is -2.49. The number of nitrogens with one attached hydrogen (secondary N) is 2. The summed E-state index contributed by atoms with van der Waals surface area (Å²) in [6.07, 6.45) is 0. The number of rotatable bonds is 7. The first kappa shape index (κ1) is 21.5. The van der Waals surface area contributed by atoms with Crippen LogP contribution in [0.2, 0.25) is 0 Å². The van der Waals surface area contributed by atoms with Gasteiger partial charge in [-0.2, -0.15) is 4.72 Å². The zero-order valence-electron chi connectivity index (χ0n) is 17.3. The van der Waals surface area contributed by atoms with Crippen LogP contribution in [0, 0.1) is 12.8 Å². The van der Waals surface area contributed by atoms with E-state index in [1.807, 2.05) is 13.0 Å². The van der Waals surface area contributed by atoms with Gasteiger partial charge in [-0.05, 0) is 48.7 Å². The average Bonchev–Trinajstić information content (AvgIpc) is 3.34. The number of ether oxygens (including phenoxy) is 2. The highest BCUT2D eigenvalue weighted by Gasteiger charge is 2.28. The second kappa shape index (κ2) is 8.45. The summed E-state index contributed by atoms with van der Waals surface area (Å²) in [6.45, 7) is 5.88. The molecule has 10 heteroatoms. The van der Waals surface area contributed by atoms with Crippen LogP contribution < -0.4 is 19.5 Å². The van der Waals surface area contributed by atoms with Crippen LogP contribution in [-0.2, 0) is 21.4 Å². The molecule has 0 bridgehead atoms. The molecule has 31 heavy (non-hydrogen) atoms. The Morgan fingerprint density at radius 3 is 2.71 bits per heavy atom. The topological polar surface area (TPSA) is 107 Å². The molecule has 164 valence electrons. The van der Waals surface area contributed by atoms with E-state index in [9.17, 15) is 13.2 Å². The Kier molecular flexibility index (Phi) is 5.87. The van der Waals surface area contributed by atoms with Gasteiger partial charge in [0.1, 0.15) is 6.04 Å². The highest BCUT2D eigenvalue weighted by atomic mass is 32.2. The Labute approximate surface area is 184 Å². The highest BCUT2D eigenvalue weighted by Crippen LogP contribution is 2.32. The third kappa shape index (κ3) is 4.65. The molecule has 1 aliphatic heterocycles. The number of sulfonamides is 1. The van der Waals surface area contributed by atoms with Crippen molar-refractivity contribution < 1.29 is 22.7 Å². The second-order valence-corrected chi connectivity index (χ2v) is 10.6. The average molecular weight is 462 g/mol. The van der Waals surface area contributed by atoms with Crippen molar-refractivity contribution in [2.24, 2.45) is 5.92 Å². The molecular formula is C21H23N3O5S2. The zero-order chi connectivity index (χ0) is 22.2. The largest absolute Gasteiger partial charge is 0.454 e. The minimum atomic E-state index is -3.89. The van der Waals surface area contributed by atoms with E-state index in [4.69, 9.17) is 9.47 Å². The lowest BCUT2D eigenvalue weighted by molar-refractivity contribution is -0.123. The van der Waals surface area contributed by atoms with Crippen molar-refractivity contribution in [1.82, 2.24) is 15.0 Å². The van der Waals surface area contributed by atoms with Gasteiger partial charge in [-0.15, -0.1) is 11.3 Å². The van der Waals surface area contributed by atoms with E-state index in [-0.39, 0.29) is 24.2 Å². The fourth-order valence-corrected chi connectivity index (χ4v) is 5.58. The van der Waals surface area contributed by atoms with Gasteiger partial charge in [-0.3, -0.25) is 4.79 Å². The van der Waals surface area contributed by atoms with Crippen LogP contribution in [0.15, 0.2) is 41.3 Å². The Bertz CT molecular complexity index is 1240. The van der Waals surface area contributed by atoms with Gasteiger partial charge in [0.2, 0.25) is 22.7 Å². The van der Waals surface area contributed by atoms with Gasteiger partial charge in [-0.25, -0.2) is 13.4 Å². The SMILES string of the molecule is Cc1nc2ccc(S(=O)(=O)N[C@@H](C(=O)NCc3ccc4c(c3)OCO4)C(C)C)cc2s1. The fourth-order valence-electron chi connectivity index (χ4n) is 3.26. The summed E-state index contributed by atoms with van der Waals surface area (Å²) in [5.41, 5.74) is 1.58. The highest BCUT2D eigenvalue weighted by molar-refractivity contribution is 7.89. The van der Waals surface area contributed by atoms with E-state index in [1.165, 1.54) is 17.4 Å². The number of carbonyl (C=O) groups is 1. The molecule has 1 aliphatic rings. The van der Waals surface area contributed by atoms with E-state index >= 15 is 0 Å². The first-order valence-corrected chi connectivity index (χ1v) is 12.1. The molecule has 3 aromatic rings. The maximum atomic E-state index is 13.0. The molecule has 2 aromatic carbocycles. The second-order valence-electron chi connectivity index (χ2n) is 7.61. The van der Waals surface area contributed by atoms with Gasteiger partial charge in [-0.1, -0.05) is 19.9 Å². The Hall–Kier alpha value is -2.69. The molecule has 4 rings (SSSR count). The smallest absolute Gasteiger partial charge is 0.241 e. The van der Waals surface area contributed by atoms with Crippen molar-refractivity contribution in [3.63, 3.8) is 0 Å². The number of carbonyl (C=O) groups excluding carboxylic acids is 1. The predicted octanol–water partition coefficient (Wildman–Crippen LogP) is 2.95. The van der Waals surface area contributed by atoms with Crippen LogP contribution in [0.4, 0.5) is 0 Å². The van der Waals surface area contributed by atoms with Crippen LogP contribution in [0.1, 0.15) is 24.4 Å². The Morgan fingerprint density at radius 2 is 1.94 bits per heavy atom.